The van der Waals surface area contributed by atoms with Gasteiger partial charge in [-0.05, 0) is 87.4 Å². The highest BCUT2D eigenvalue weighted by molar-refractivity contribution is 5.69. The molecule has 6 rings (SSSR count). The third-order valence-corrected chi connectivity index (χ3v) is 8.40. The van der Waals surface area contributed by atoms with Gasteiger partial charge >= 0.3 is 6.09 Å². The fourth-order valence-electron chi connectivity index (χ4n) is 6.38. The van der Waals surface area contributed by atoms with Crippen LogP contribution in [0.1, 0.15) is 81.5 Å². The number of nitrogens with one attached hydrogen (secondary N) is 1. The van der Waals surface area contributed by atoms with Crippen LogP contribution < -0.4 is 4.90 Å². The highest BCUT2D eigenvalue weighted by Gasteiger charge is 2.37. The number of nitro benzene ring substituents is 1. The maximum Gasteiger partial charge on any atom is 0.410 e. The Bertz CT molecular complexity index is 1630. The van der Waals surface area contributed by atoms with Crippen molar-refractivity contribution in [3.8, 4) is 11.3 Å². The Labute approximate surface area is 255 Å². The number of aromatic amines is 1. The third-order valence-electron chi connectivity index (χ3n) is 8.40. The summed E-state index contributed by atoms with van der Waals surface area (Å²) in [6.45, 7) is 6.23. The molecule has 2 fully saturated rings. The molecular formula is C34H36FN5O4. The molecule has 1 aromatic heterocycles. The summed E-state index contributed by atoms with van der Waals surface area (Å²) in [6, 6.07) is 21.4. The van der Waals surface area contributed by atoms with Gasteiger partial charge in [-0.1, -0.05) is 36.4 Å². The number of carbonyl (C=O) groups is 1. The average Bonchev–Trinajstić information content (AvgIpc) is 3.77. The molecule has 0 bridgehead atoms. The predicted molar refractivity (Wildman–Crippen MR) is 166 cm³/mol. The number of carbonyl (C=O) groups excluding carboxylic acids is 1. The molecule has 1 N–H and O–H groups in total. The molecule has 44 heavy (non-hydrogen) atoms. The lowest BCUT2D eigenvalue weighted by Gasteiger charge is -2.33. The number of halogens is 1. The lowest BCUT2D eigenvalue weighted by Crippen LogP contribution is -2.36. The Morgan fingerprint density at radius 1 is 0.932 bits per heavy atom. The first-order valence-electron chi connectivity index (χ1n) is 15.0. The number of benzene rings is 3. The molecule has 3 heterocycles. The smallest absolute Gasteiger partial charge is 0.410 e. The molecule has 0 saturated carbocycles. The Morgan fingerprint density at radius 3 is 2.14 bits per heavy atom. The van der Waals surface area contributed by atoms with E-state index >= 15 is 0 Å². The van der Waals surface area contributed by atoms with Gasteiger partial charge in [0.25, 0.3) is 5.69 Å². The van der Waals surface area contributed by atoms with E-state index in [1.54, 1.807) is 23.2 Å². The van der Waals surface area contributed by atoms with Crippen LogP contribution in [-0.2, 0) is 4.74 Å². The number of aromatic nitrogens is 2. The third kappa shape index (κ3) is 6.02. The molecule has 4 aromatic rings. The molecule has 3 aromatic carbocycles. The number of hydrogen-bond acceptors (Lipinski definition) is 6. The summed E-state index contributed by atoms with van der Waals surface area (Å²) < 4.78 is 19.5. The summed E-state index contributed by atoms with van der Waals surface area (Å²) in [5.74, 6) is 0.447. The van der Waals surface area contributed by atoms with Gasteiger partial charge in [-0.15, -0.1) is 0 Å². The van der Waals surface area contributed by atoms with E-state index in [4.69, 9.17) is 4.74 Å². The molecule has 1 amide bonds. The molecule has 0 unspecified atom stereocenters. The molecule has 3 atom stereocenters. The number of imidazole rings is 1. The van der Waals surface area contributed by atoms with Crippen LogP contribution in [0.4, 0.5) is 20.6 Å². The van der Waals surface area contributed by atoms with Crippen molar-refractivity contribution in [1.82, 2.24) is 14.9 Å². The van der Waals surface area contributed by atoms with Crippen LogP contribution in [0.3, 0.4) is 0 Å². The number of amides is 1. The molecule has 0 radical (unpaired) electrons. The lowest BCUT2D eigenvalue weighted by molar-refractivity contribution is -0.384. The fourth-order valence-corrected chi connectivity index (χ4v) is 6.38. The Kier molecular flexibility index (Phi) is 7.84. The van der Waals surface area contributed by atoms with E-state index in [9.17, 15) is 19.3 Å². The molecule has 228 valence electrons. The van der Waals surface area contributed by atoms with E-state index < -0.39 is 10.5 Å². The first kappa shape index (κ1) is 29.3. The van der Waals surface area contributed by atoms with E-state index in [1.807, 2.05) is 32.9 Å². The minimum atomic E-state index is -0.562. The molecule has 0 spiro atoms. The average molecular weight is 598 g/mol. The van der Waals surface area contributed by atoms with Crippen LogP contribution in [0, 0.1) is 15.9 Å². The first-order chi connectivity index (χ1) is 21.1. The van der Waals surface area contributed by atoms with E-state index in [0.717, 1.165) is 59.6 Å². The van der Waals surface area contributed by atoms with E-state index in [0.29, 0.717) is 6.54 Å². The van der Waals surface area contributed by atoms with Gasteiger partial charge in [0.1, 0.15) is 17.2 Å². The van der Waals surface area contributed by atoms with Gasteiger partial charge in [0.2, 0.25) is 0 Å². The summed E-state index contributed by atoms with van der Waals surface area (Å²) in [7, 11) is 0. The zero-order valence-corrected chi connectivity index (χ0v) is 25.1. The zero-order chi connectivity index (χ0) is 31.0. The second kappa shape index (κ2) is 11.7. The van der Waals surface area contributed by atoms with Crippen molar-refractivity contribution in [3.05, 3.63) is 112 Å². The van der Waals surface area contributed by atoms with Crippen LogP contribution in [0.25, 0.3) is 11.3 Å². The SMILES string of the molecule is CC(C)(C)OC(=O)N1CCC[C@H]1c1ncc(-c2ccc([C@@H]3CC[C@@H](c4ccc([N+](=O)[O-])cc4)N3c3ccc(F)cc3)cc2)[nH]1. The van der Waals surface area contributed by atoms with E-state index in [1.165, 1.54) is 24.3 Å². The van der Waals surface area contributed by atoms with Crippen molar-refractivity contribution in [2.75, 3.05) is 11.4 Å². The molecule has 2 aliphatic rings. The van der Waals surface area contributed by atoms with Gasteiger partial charge in [0, 0.05) is 24.4 Å². The minimum absolute atomic E-state index is 0.0135. The predicted octanol–water partition coefficient (Wildman–Crippen LogP) is 8.28. The largest absolute Gasteiger partial charge is 0.444 e. The summed E-state index contributed by atoms with van der Waals surface area (Å²) in [5.41, 5.74) is 4.34. The normalized spacial score (nSPS) is 20.2. The van der Waals surface area contributed by atoms with Gasteiger partial charge in [-0.3, -0.25) is 15.0 Å². The number of rotatable bonds is 6. The second-order valence-electron chi connectivity index (χ2n) is 12.5. The Morgan fingerprint density at radius 2 is 1.55 bits per heavy atom. The number of ether oxygens (including phenoxy) is 1. The zero-order valence-electron chi connectivity index (χ0n) is 25.1. The van der Waals surface area contributed by atoms with Crippen molar-refractivity contribution >= 4 is 17.5 Å². The van der Waals surface area contributed by atoms with Gasteiger partial charge in [0.15, 0.2) is 0 Å². The molecule has 10 heteroatoms. The van der Waals surface area contributed by atoms with Crippen molar-refractivity contribution in [1.29, 1.82) is 0 Å². The van der Waals surface area contributed by atoms with Crippen LogP contribution in [0.5, 0.6) is 0 Å². The summed E-state index contributed by atoms with van der Waals surface area (Å²) in [6.07, 6.45) is 4.91. The van der Waals surface area contributed by atoms with E-state index in [-0.39, 0.29) is 35.7 Å². The maximum atomic E-state index is 13.9. The quantitative estimate of drug-likeness (QED) is 0.177. The molecule has 2 saturated heterocycles. The van der Waals surface area contributed by atoms with Crippen LogP contribution in [0.2, 0.25) is 0 Å². The number of non-ortho nitro benzene ring substituents is 1. The highest BCUT2D eigenvalue weighted by atomic mass is 19.1. The van der Waals surface area contributed by atoms with Crippen LogP contribution in [0.15, 0.2) is 79.0 Å². The number of nitrogens with zero attached hydrogens (tertiary/aromatic N) is 4. The fraction of sp³-hybridized carbons (Fsp3) is 0.353. The number of H-pyrrole nitrogens is 1. The number of likely N-dealkylation sites (tertiary alicyclic amines) is 1. The summed E-state index contributed by atoms with van der Waals surface area (Å²) in [5, 5.41) is 11.2. The van der Waals surface area contributed by atoms with Gasteiger partial charge in [0.05, 0.1) is 34.9 Å². The maximum absolute atomic E-state index is 13.9. The highest BCUT2D eigenvalue weighted by Crippen LogP contribution is 2.47. The Balaban J connectivity index is 1.23. The molecule has 9 nitrogen and oxygen atoms in total. The summed E-state index contributed by atoms with van der Waals surface area (Å²) >= 11 is 0. The molecular weight excluding hydrogens is 561 g/mol. The second-order valence-corrected chi connectivity index (χ2v) is 12.5. The van der Waals surface area contributed by atoms with Crippen molar-refractivity contribution in [2.24, 2.45) is 0 Å². The van der Waals surface area contributed by atoms with Crippen molar-refractivity contribution in [2.45, 2.75) is 70.2 Å². The van der Waals surface area contributed by atoms with Gasteiger partial charge in [-0.2, -0.15) is 0 Å². The Hall–Kier alpha value is -4.73. The number of hydrogen-bond donors (Lipinski definition) is 1. The van der Waals surface area contributed by atoms with E-state index in [2.05, 4.69) is 39.1 Å². The first-order valence-corrected chi connectivity index (χ1v) is 15.0. The minimum Gasteiger partial charge on any atom is -0.444 e. The van der Waals surface area contributed by atoms with Crippen molar-refractivity contribution in [3.63, 3.8) is 0 Å². The topological polar surface area (TPSA) is 105 Å². The van der Waals surface area contributed by atoms with Gasteiger partial charge < -0.3 is 14.6 Å². The number of nitro groups is 1. The summed E-state index contributed by atoms with van der Waals surface area (Å²) in [4.78, 5) is 35.7. The number of anilines is 1. The molecule has 0 aliphatic carbocycles. The molecule has 2 aliphatic heterocycles. The van der Waals surface area contributed by atoms with Crippen LogP contribution in [-0.4, -0.2) is 38.0 Å². The van der Waals surface area contributed by atoms with Crippen molar-refractivity contribution < 1.29 is 18.8 Å². The standard InChI is InChI=1S/C34H36FN5O4/c1-34(2,3)44-33(41)38-20-4-5-31(38)32-36-21-28(37-32)22-6-8-23(9-7-22)29-18-19-30(24-10-14-27(15-11-24)40(42)43)39(29)26-16-12-25(35)13-17-26/h6-17,21,29-31H,4-5,18-20H2,1-3H3,(H,36,37)/t29-,30-,31-/m0/s1. The van der Waals surface area contributed by atoms with Gasteiger partial charge in [-0.25, -0.2) is 14.2 Å². The van der Waals surface area contributed by atoms with Crippen LogP contribution >= 0.6 is 0 Å². The lowest BCUT2D eigenvalue weighted by atomic mass is 10.0. The monoisotopic (exact) mass is 597 g/mol.